The van der Waals surface area contributed by atoms with Crippen LogP contribution in [0.2, 0.25) is 0 Å². The van der Waals surface area contributed by atoms with Gasteiger partial charge in [-0.05, 0) is 31.6 Å². The average Bonchev–Trinajstić information content (AvgIpc) is 2.28. The van der Waals surface area contributed by atoms with Gasteiger partial charge in [-0.15, -0.1) is 0 Å². The van der Waals surface area contributed by atoms with E-state index < -0.39 is 5.91 Å². The van der Waals surface area contributed by atoms with Crippen molar-refractivity contribution in [1.29, 1.82) is 0 Å². The van der Waals surface area contributed by atoms with Gasteiger partial charge in [-0.25, -0.2) is 0 Å². The molecule has 0 aromatic rings. The van der Waals surface area contributed by atoms with Crippen LogP contribution in [0.1, 0.15) is 39.5 Å². The highest BCUT2D eigenvalue weighted by Crippen LogP contribution is 2.08. The Morgan fingerprint density at radius 2 is 1.81 bits per heavy atom. The summed E-state index contributed by atoms with van der Waals surface area (Å²) < 4.78 is 0. The van der Waals surface area contributed by atoms with E-state index in [1.54, 1.807) is 4.90 Å². The molecule has 0 saturated carbocycles. The summed E-state index contributed by atoms with van der Waals surface area (Å²) in [5.74, 6) is -0.253. The van der Waals surface area contributed by atoms with Gasteiger partial charge in [-0.1, -0.05) is 13.8 Å². The molecule has 92 valence electrons. The summed E-state index contributed by atoms with van der Waals surface area (Å²) in [4.78, 5) is 24.9. The van der Waals surface area contributed by atoms with Crippen molar-refractivity contribution in [2.45, 2.75) is 39.5 Å². The van der Waals surface area contributed by atoms with Crippen LogP contribution in [0.15, 0.2) is 0 Å². The van der Waals surface area contributed by atoms with Crippen LogP contribution in [0, 0.1) is 5.92 Å². The fourth-order valence-electron chi connectivity index (χ4n) is 1.79. The summed E-state index contributed by atoms with van der Waals surface area (Å²) in [7, 11) is 0. The zero-order valence-corrected chi connectivity index (χ0v) is 10.3. The van der Waals surface area contributed by atoms with Gasteiger partial charge in [0.05, 0.1) is 0 Å². The van der Waals surface area contributed by atoms with Gasteiger partial charge in [0.1, 0.15) is 0 Å². The molecule has 1 heterocycles. The van der Waals surface area contributed by atoms with Crippen LogP contribution in [-0.4, -0.2) is 36.3 Å². The Morgan fingerprint density at radius 1 is 1.19 bits per heavy atom. The second kappa shape index (κ2) is 6.51. The predicted octanol–water partition coefficient (Wildman–Crippen LogP) is 1.16. The molecule has 0 unspecified atom stereocenters. The standard InChI is InChI=1S/C12H22N2O2/c1-10(2)6-7-13-11(15)12(16)14-8-4-3-5-9-14/h10H,3-9H2,1-2H3,(H,13,15). The minimum Gasteiger partial charge on any atom is -0.348 e. The van der Waals surface area contributed by atoms with E-state index >= 15 is 0 Å². The summed E-state index contributed by atoms with van der Waals surface area (Å²) in [6, 6.07) is 0. The lowest BCUT2D eigenvalue weighted by Gasteiger charge is -2.25. The lowest BCUT2D eigenvalue weighted by atomic mass is 10.1. The van der Waals surface area contributed by atoms with Crippen LogP contribution in [0.25, 0.3) is 0 Å². The number of nitrogens with zero attached hydrogens (tertiary/aromatic N) is 1. The summed E-state index contributed by atoms with van der Waals surface area (Å²) in [5, 5.41) is 2.68. The lowest BCUT2D eigenvalue weighted by molar-refractivity contribution is -0.146. The van der Waals surface area contributed by atoms with Gasteiger partial charge in [0.15, 0.2) is 0 Å². The Bertz CT molecular complexity index is 245. The average molecular weight is 226 g/mol. The van der Waals surface area contributed by atoms with Crippen molar-refractivity contribution in [2.75, 3.05) is 19.6 Å². The number of amides is 2. The number of likely N-dealkylation sites (tertiary alicyclic amines) is 1. The van der Waals surface area contributed by atoms with Gasteiger partial charge in [-0.2, -0.15) is 0 Å². The lowest BCUT2D eigenvalue weighted by Crippen LogP contribution is -2.45. The third kappa shape index (κ3) is 4.21. The maximum absolute atomic E-state index is 11.7. The predicted molar refractivity (Wildman–Crippen MR) is 62.9 cm³/mol. The van der Waals surface area contributed by atoms with Gasteiger partial charge in [0, 0.05) is 19.6 Å². The van der Waals surface area contributed by atoms with Crippen molar-refractivity contribution in [3.05, 3.63) is 0 Å². The van der Waals surface area contributed by atoms with E-state index in [4.69, 9.17) is 0 Å². The highest BCUT2D eigenvalue weighted by atomic mass is 16.2. The monoisotopic (exact) mass is 226 g/mol. The molecule has 1 saturated heterocycles. The van der Waals surface area contributed by atoms with Crippen LogP contribution >= 0.6 is 0 Å². The normalized spacial score (nSPS) is 16.3. The molecular formula is C12H22N2O2. The first-order valence-corrected chi connectivity index (χ1v) is 6.18. The second-order valence-corrected chi connectivity index (χ2v) is 4.79. The highest BCUT2D eigenvalue weighted by Gasteiger charge is 2.22. The molecule has 1 aliphatic heterocycles. The second-order valence-electron chi connectivity index (χ2n) is 4.79. The molecule has 0 aromatic carbocycles. The SMILES string of the molecule is CC(C)CCNC(=O)C(=O)N1CCCCC1. The summed E-state index contributed by atoms with van der Waals surface area (Å²) in [5.41, 5.74) is 0. The van der Waals surface area contributed by atoms with Crippen molar-refractivity contribution >= 4 is 11.8 Å². The first kappa shape index (κ1) is 13.0. The number of hydrogen-bond donors (Lipinski definition) is 1. The molecule has 1 aliphatic rings. The zero-order chi connectivity index (χ0) is 12.0. The molecule has 1 rings (SSSR count). The van der Waals surface area contributed by atoms with E-state index in [1.807, 2.05) is 0 Å². The molecule has 16 heavy (non-hydrogen) atoms. The Kier molecular flexibility index (Phi) is 5.29. The Balaban J connectivity index is 2.26. The molecule has 0 aromatic heterocycles. The van der Waals surface area contributed by atoms with Gasteiger partial charge in [0.2, 0.25) is 0 Å². The van der Waals surface area contributed by atoms with E-state index in [0.29, 0.717) is 12.5 Å². The van der Waals surface area contributed by atoms with Crippen LogP contribution in [0.3, 0.4) is 0 Å². The number of carbonyl (C=O) groups excluding carboxylic acids is 2. The molecular weight excluding hydrogens is 204 g/mol. The van der Waals surface area contributed by atoms with Crippen LogP contribution < -0.4 is 5.32 Å². The van der Waals surface area contributed by atoms with Crippen molar-refractivity contribution in [3.8, 4) is 0 Å². The molecule has 4 nitrogen and oxygen atoms in total. The Labute approximate surface area is 97.4 Å². The van der Waals surface area contributed by atoms with Gasteiger partial charge < -0.3 is 10.2 Å². The number of carbonyl (C=O) groups is 2. The summed E-state index contributed by atoms with van der Waals surface area (Å²) in [6.07, 6.45) is 4.12. The smallest absolute Gasteiger partial charge is 0.311 e. The van der Waals surface area contributed by atoms with E-state index in [0.717, 1.165) is 32.4 Å². The number of rotatable bonds is 3. The van der Waals surface area contributed by atoms with E-state index in [9.17, 15) is 9.59 Å². The van der Waals surface area contributed by atoms with Crippen molar-refractivity contribution in [2.24, 2.45) is 5.92 Å². The molecule has 0 spiro atoms. The largest absolute Gasteiger partial charge is 0.348 e. The molecule has 2 amide bonds. The maximum atomic E-state index is 11.7. The first-order valence-electron chi connectivity index (χ1n) is 6.18. The topological polar surface area (TPSA) is 49.4 Å². The van der Waals surface area contributed by atoms with Crippen molar-refractivity contribution < 1.29 is 9.59 Å². The first-order chi connectivity index (χ1) is 7.61. The van der Waals surface area contributed by atoms with Crippen LogP contribution in [-0.2, 0) is 9.59 Å². The number of piperidine rings is 1. The molecule has 1 fully saturated rings. The quantitative estimate of drug-likeness (QED) is 0.734. The van der Waals surface area contributed by atoms with Crippen molar-refractivity contribution in [1.82, 2.24) is 10.2 Å². The fraction of sp³-hybridized carbons (Fsp3) is 0.833. The van der Waals surface area contributed by atoms with E-state index in [2.05, 4.69) is 19.2 Å². The van der Waals surface area contributed by atoms with Crippen molar-refractivity contribution in [3.63, 3.8) is 0 Å². The van der Waals surface area contributed by atoms with Crippen LogP contribution in [0.5, 0.6) is 0 Å². The minimum absolute atomic E-state index is 0.358. The van der Waals surface area contributed by atoms with E-state index in [1.165, 1.54) is 6.42 Å². The number of hydrogen-bond acceptors (Lipinski definition) is 2. The third-order valence-corrected chi connectivity index (χ3v) is 2.84. The molecule has 0 aliphatic carbocycles. The zero-order valence-electron chi connectivity index (χ0n) is 10.3. The molecule has 0 radical (unpaired) electrons. The van der Waals surface area contributed by atoms with Gasteiger partial charge >= 0.3 is 11.8 Å². The molecule has 4 heteroatoms. The highest BCUT2D eigenvalue weighted by molar-refractivity contribution is 6.35. The molecule has 1 N–H and O–H groups in total. The maximum Gasteiger partial charge on any atom is 0.311 e. The third-order valence-electron chi connectivity index (χ3n) is 2.84. The fourth-order valence-corrected chi connectivity index (χ4v) is 1.79. The van der Waals surface area contributed by atoms with Crippen LogP contribution in [0.4, 0.5) is 0 Å². The molecule has 0 bridgehead atoms. The molecule has 0 atom stereocenters. The number of nitrogens with one attached hydrogen (secondary N) is 1. The van der Waals surface area contributed by atoms with E-state index in [-0.39, 0.29) is 5.91 Å². The minimum atomic E-state index is -0.442. The van der Waals surface area contributed by atoms with Gasteiger partial charge in [0.25, 0.3) is 0 Å². The summed E-state index contributed by atoms with van der Waals surface area (Å²) in [6.45, 7) is 6.25. The Hall–Kier alpha value is -1.06. The van der Waals surface area contributed by atoms with Gasteiger partial charge in [-0.3, -0.25) is 9.59 Å². The Morgan fingerprint density at radius 3 is 2.38 bits per heavy atom. The summed E-state index contributed by atoms with van der Waals surface area (Å²) >= 11 is 0.